The molecule has 0 spiro atoms. The number of nitrogens with one attached hydrogen (secondary N) is 1. The minimum Gasteiger partial charge on any atom is -0.348 e. The maximum atomic E-state index is 13.1. The summed E-state index contributed by atoms with van der Waals surface area (Å²) in [7, 11) is 0. The summed E-state index contributed by atoms with van der Waals surface area (Å²) in [4.78, 5) is 11.1. The van der Waals surface area contributed by atoms with Crippen LogP contribution in [0.25, 0.3) is 0 Å². The van der Waals surface area contributed by atoms with Crippen LogP contribution in [-0.4, -0.2) is 5.91 Å². The molecule has 12 heavy (non-hydrogen) atoms. The zero-order chi connectivity index (χ0) is 8.72. The van der Waals surface area contributed by atoms with Gasteiger partial charge in [0, 0.05) is 21.2 Å². The Balaban J connectivity index is 2.68. The molecule has 1 aromatic carbocycles. The highest BCUT2D eigenvalue weighted by Crippen LogP contribution is 2.21. The molecule has 1 aliphatic heterocycles. The van der Waals surface area contributed by atoms with E-state index >= 15 is 0 Å². The molecule has 1 amide bonds. The number of carbonyl (C=O) groups is 1. The molecule has 0 unspecified atom stereocenters. The van der Waals surface area contributed by atoms with Gasteiger partial charge in [0.05, 0.1) is 0 Å². The molecule has 4 heteroatoms. The first-order chi connectivity index (χ1) is 5.68. The number of hydrogen-bond donors (Lipinski definition) is 1. The summed E-state index contributed by atoms with van der Waals surface area (Å²) in [5.74, 6) is -0.474. The molecule has 0 saturated heterocycles. The molecule has 0 bridgehead atoms. The highest BCUT2D eigenvalue weighted by molar-refractivity contribution is 14.1. The van der Waals surface area contributed by atoms with Crippen LogP contribution in [0.3, 0.4) is 0 Å². The first-order valence-corrected chi connectivity index (χ1v) is 4.52. The van der Waals surface area contributed by atoms with Crippen molar-refractivity contribution in [3.8, 4) is 0 Å². The standard InChI is InChI=1S/C8H5FINO/c9-7-2-4(10)1-5-6(7)3-11-8(5)12/h1-2H,3H2,(H,11,12). The van der Waals surface area contributed by atoms with Crippen LogP contribution in [0.5, 0.6) is 0 Å². The molecule has 1 heterocycles. The molecular weight excluding hydrogens is 272 g/mol. The summed E-state index contributed by atoms with van der Waals surface area (Å²) in [6.45, 7) is 0.316. The quantitative estimate of drug-likeness (QED) is 0.718. The summed E-state index contributed by atoms with van der Waals surface area (Å²) < 4.78 is 13.9. The van der Waals surface area contributed by atoms with E-state index < -0.39 is 0 Å². The van der Waals surface area contributed by atoms with E-state index in [-0.39, 0.29) is 11.7 Å². The number of benzene rings is 1. The van der Waals surface area contributed by atoms with Crippen molar-refractivity contribution in [3.05, 3.63) is 32.6 Å². The number of halogens is 2. The number of rotatable bonds is 0. The molecule has 2 rings (SSSR count). The molecule has 1 aromatic rings. The van der Waals surface area contributed by atoms with Gasteiger partial charge >= 0.3 is 0 Å². The van der Waals surface area contributed by atoms with Crippen LogP contribution >= 0.6 is 22.6 Å². The average molecular weight is 277 g/mol. The molecule has 1 N–H and O–H groups in total. The largest absolute Gasteiger partial charge is 0.348 e. The SMILES string of the molecule is O=C1NCc2c(F)cc(I)cc21. The van der Waals surface area contributed by atoms with Crippen molar-refractivity contribution in [1.29, 1.82) is 0 Å². The van der Waals surface area contributed by atoms with Gasteiger partial charge in [-0.25, -0.2) is 4.39 Å². The van der Waals surface area contributed by atoms with Crippen LogP contribution < -0.4 is 5.32 Å². The Morgan fingerprint density at radius 3 is 3.00 bits per heavy atom. The van der Waals surface area contributed by atoms with E-state index in [4.69, 9.17) is 0 Å². The van der Waals surface area contributed by atoms with Crippen molar-refractivity contribution in [3.63, 3.8) is 0 Å². The predicted octanol–water partition coefficient (Wildman–Crippen LogP) is 1.67. The van der Waals surface area contributed by atoms with Gasteiger partial charge in [-0.15, -0.1) is 0 Å². The highest BCUT2D eigenvalue weighted by atomic mass is 127. The summed E-state index contributed by atoms with van der Waals surface area (Å²) >= 11 is 1.99. The van der Waals surface area contributed by atoms with Gasteiger partial charge in [0.1, 0.15) is 5.82 Å². The van der Waals surface area contributed by atoms with Gasteiger partial charge in [-0.3, -0.25) is 4.79 Å². The smallest absolute Gasteiger partial charge is 0.252 e. The third-order valence-corrected chi connectivity index (χ3v) is 2.45. The highest BCUT2D eigenvalue weighted by Gasteiger charge is 2.22. The van der Waals surface area contributed by atoms with E-state index in [2.05, 4.69) is 5.32 Å². The van der Waals surface area contributed by atoms with Crippen molar-refractivity contribution in [2.75, 3.05) is 0 Å². The normalized spacial score (nSPS) is 14.3. The van der Waals surface area contributed by atoms with Crippen molar-refractivity contribution in [2.45, 2.75) is 6.54 Å². The van der Waals surface area contributed by atoms with Crippen molar-refractivity contribution in [1.82, 2.24) is 5.32 Å². The molecular formula is C8H5FINO. The van der Waals surface area contributed by atoms with Crippen LogP contribution in [0, 0.1) is 9.39 Å². The van der Waals surface area contributed by atoms with E-state index in [0.717, 1.165) is 3.57 Å². The average Bonchev–Trinajstić information content (AvgIpc) is 2.33. The minimum absolute atomic E-state index is 0.178. The van der Waals surface area contributed by atoms with E-state index in [1.165, 1.54) is 6.07 Å². The van der Waals surface area contributed by atoms with E-state index in [1.54, 1.807) is 6.07 Å². The monoisotopic (exact) mass is 277 g/mol. The van der Waals surface area contributed by atoms with Crippen LogP contribution in [0.2, 0.25) is 0 Å². The summed E-state index contributed by atoms with van der Waals surface area (Å²) in [5.41, 5.74) is 0.958. The fourth-order valence-corrected chi connectivity index (χ4v) is 1.83. The predicted molar refractivity (Wildman–Crippen MR) is 50.3 cm³/mol. The summed E-state index contributed by atoms with van der Waals surface area (Å²) in [6, 6.07) is 3.13. The van der Waals surface area contributed by atoms with Crippen LogP contribution in [0.15, 0.2) is 12.1 Å². The Labute approximate surface area is 82.3 Å². The summed E-state index contributed by atoms with van der Waals surface area (Å²) in [5, 5.41) is 2.57. The number of hydrogen-bond acceptors (Lipinski definition) is 1. The molecule has 1 aliphatic rings. The minimum atomic E-state index is -0.296. The number of amides is 1. The van der Waals surface area contributed by atoms with E-state index in [0.29, 0.717) is 17.7 Å². The first kappa shape index (κ1) is 7.97. The Morgan fingerprint density at radius 2 is 2.25 bits per heavy atom. The van der Waals surface area contributed by atoms with Gasteiger partial charge in [0.2, 0.25) is 0 Å². The fourth-order valence-electron chi connectivity index (χ4n) is 1.25. The Hall–Kier alpha value is -0.650. The zero-order valence-corrected chi connectivity index (χ0v) is 8.18. The molecule has 62 valence electrons. The van der Waals surface area contributed by atoms with Crippen molar-refractivity contribution in [2.24, 2.45) is 0 Å². The third kappa shape index (κ3) is 1.10. The number of fused-ring (bicyclic) bond motifs is 1. The van der Waals surface area contributed by atoms with Crippen LogP contribution in [-0.2, 0) is 6.54 Å². The number of carbonyl (C=O) groups excluding carboxylic acids is 1. The third-order valence-electron chi connectivity index (χ3n) is 1.83. The lowest BCUT2D eigenvalue weighted by Crippen LogP contribution is -2.12. The molecule has 2 nitrogen and oxygen atoms in total. The van der Waals surface area contributed by atoms with Gasteiger partial charge in [-0.2, -0.15) is 0 Å². The molecule has 0 atom stereocenters. The lowest BCUT2D eigenvalue weighted by atomic mass is 10.1. The Bertz CT molecular complexity index is 364. The zero-order valence-electron chi connectivity index (χ0n) is 6.03. The second-order valence-electron chi connectivity index (χ2n) is 2.60. The fraction of sp³-hybridized carbons (Fsp3) is 0.125. The molecule has 0 fully saturated rings. The first-order valence-electron chi connectivity index (χ1n) is 3.44. The molecule has 0 radical (unpaired) electrons. The second kappa shape index (κ2) is 2.69. The maximum Gasteiger partial charge on any atom is 0.252 e. The van der Waals surface area contributed by atoms with Gasteiger partial charge < -0.3 is 5.32 Å². The molecule has 0 aromatic heterocycles. The van der Waals surface area contributed by atoms with Gasteiger partial charge in [-0.1, -0.05) is 0 Å². The second-order valence-corrected chi connectivity index (χ2v) is 3.84. The summed E-state index contributed by atoms with van der Waals surface area (Å²) in [6.07, 6.45) is 0. The van der Waals surface area contributed by atoms with Crippen molar-refractivity contribution >= 4 is 28.5 Å². The maximum absolute atomic E-state index is 13.1. The molecule has 0 aliphatic carbocycles. The van der Waals surface area contributed by atoms with E-state index in [9.17, 15) is 9.18 Å². The van der Waals surface area contributed by atoms with Crippen LogP contribution in [0.4, 0.5) is 4.39 Å². The van der Waals surface area contributed by atoms with Crippen LogP contribution in [0.1, 0.15) is 15.9 Å². The van der Waals surface area contributed by atoms with E-state index in [1.807, 2.05) is 22.6 Å². The topological polar surface area (TPSA) is 29.1 Å². The van der Waals surface area contributed by atoms with Gasteiger partial charge in [0.25, 0.3) is 5.91 Å². The molecule has 0 saturated carbocycles. The van der Waals surface area contributed by atoms with Crippen molar-refractivity contribution < 1.29 is 9.18 Å². The lowest BCUT2D eigenvalue weighted by molar-refractivity contribution is 0.0965. The Kier molecular flexibility index (Phi) is 1.79. The Morgan fingerprint density at radius 1 is 1.50 bits per heavy atom. The lowest BCUT2D eigenvalue weighted by Gasteiger charge is -1.97. The van der Waals surface area contributed by atoms with Gasteiger partial charge in [-0.05, 0) is 34.7 Å². The van der Waals surface area contributed by atoms with Gasteiger partial charge in [0.15, 0.2) is 0 Å².